The van der Waals surface area contributed by atoms with E-state index >= 15 is 0 Å². The Hall–Kier alpha value is -2.24. The van der Waals surface area contributed by atoms with E-state index in [2.05, 4.69) is 10.6 Å². The molecule has 1 saturated carbocycles. The quantitative estimate of drug-likeness (QED) is 0.274. The monoisotopic (exact) mass is 578 g/mol. The minimum absolute atomic E-state index is 0.0275. The molecule has 0 heterocycles. The number of hydrogen-bond donors (Lipinski definition) is 2. The second-order valence-electron chi connectivity index (χ2n) is 8.25. The number of hydrogen-bond acceptors (Lipinski definition) is 2. The third-order valence-electron chi connectivity index (χ3n) is 5.55. The van der Waals surface area contributed by atoms with Gasteiger partial charge in [0.2, 0.25) is 11.8 Å². The van der Waals surface area contributed by atoms with Crippen molar-refractivity contribution < 1.29 is 40.3 Å². The van der Waals surface area contributed by atoms with E-state index in [1.807, 2.05) is 0 Å². The zero-order valence-corrected chi connectivity index (χ0v) is 20.3. The van der Waals surface area contributed by atoms with E-state index in [9.17, 15) is 40.3 Å². The second-order valence-corrected chi connectivity index (χ2v) is 10.1. The Labute approximate surface area is 215 Å². The first kappa shape index (κ1) is 28.3. The average molecular weight is 580 g/mol. The summed E-state index contributed by atoms with van der Waals surface area (Å²) in [5.74, 6) is -7.47. The van der Waals surface area contributed by atoms with Gasteiger partial charge in [0, 0.05) is 18.0 Å². The SMILES string of the molecule is CC(CC(=O)Nc1cc(NC(=O)[C@H]2[C@H](c3ccc(F)c(C(F)(F)F)c3)C2(Cl)Cl)ccc1Cl)C(F)(F)F. The van der Waals surface area contributed by atoms with E-state index in [0.29, 0.717) is 12.1 Å². The van der Waals surface area contributed by atoms with Crippen LogP contribution >= 0.6 is 34.8 Å². The van der Waals surface area contributed by atoms with Crippen molar-refractivity contribution in [3.05, 3.63) is 58.4 Å². The molecule has 3 rings (SSSR count). The predicted molar refractivity (Wildman–Crippen MR) is 121 cm³/mol. The van der Waals surface area contributed by atoms with E-state index in [1.165, 1.54) is 18.2 Å². The van der Waals surface area contributed by atoms with Gasteiger partial charge in [-0.25, -0.2) is 4.39 Å². The van der Waals surface area contributed by atoms with Gasteiger partial charge in [-0.2, -0.15) is 26.3 Å². The van der Waals surface area contributed by atoms with Crippen LogP contribution in [0.3, 0.4) is 0 Å². The Balaban J connectivity index is 1.74. The molecule has 1 aliphatic carbocycles. The number of halogens is 10. The molecule has 0 aliphatic heterocycles. The van der Waals surface area contributed by atoms with Gasteiger partial charge in [-0.3, -0.25) is 9.59 Å². The van der Waals surface area contributed by atoms with Crippen LogP contribution in [0, 0.1) is 17.7 Å². The Morgan fingerprint density at radius 2 is 1.67 bits per heavy atom. The van der Waals surface area contributed by atoms with E-state index in [-0.39, 0.29) is 22.0 Å². The van der Waals surface area contributed by atoms with Crippen molar-refractivity contribution in [2.24, 2.45) is 11.8 Å². The Bertz CT molecular complexity index is 1190. The molecule has 1 aliphatic rings. The smallest absolute Gasteiger partial charge is 0.326 e. The maximum absolute atomic E-state index is 13.6. The highest BCUT2D eigenvalue weighted by atomic mass is 35.5. The van der Waals surface area contributed by atoms with Crippen LogP contribution in [0.2, 0.25) is 5.02 Å². The fraction of sp³-hybridized carbons (Fsp3) is 0.364. The van der Waals surface area contributed by atoms with Crippen LogP contribution < -0.4 is 10.6 Å². The van der Waals surface area contributed by atoms with Crippen molar-refractivity contribution in [1.29, 1.82) is 0 Å². The summed E-state index contributed by atoms with van der Waals surface area (Å²) in [6.45, 7) is 0.841. The lowest BCUT2D eigenvalue weighted by molar-refractivity contribution is -0.173. The average Bonchev–Trinajstić information content (AvgIpc) is 3.31. The van der Waals surface area contributed by atoms with E-state index in [1.54, 1.807) is 0 Å². The summed E-state index contributed by atoms with van der Waals surface area (Å²) in [7, 11) is 0. The molecule has 0 saturated heterocycles. The molecule has 0 radical (unpaired) electrons. The summed E-state index contributed by atoms with van der Waals surface area (Å²) < 4.78 is 89.0. The predicted octanol–water partition coefficient (Wildman–Crippen LogP) is 7.55. The van der Waals surface area contributed by atoms with Gasteiger partial charge in [-0.1, -0.05) is 24.6 Å². The number of alkyl halides is 8. The molecule has 1 fully saturated rings. The topological polar surface area (TPSA) is 58.2 Å². The number of nitrogens with one attached hydrogen (secondary N) is 2. The maximum Gasteiger partial charge on any atom is 0.419 e. The van der Waals surface area contributed by atoms with E-state index < -0.39 is 64.1 Å². The molecule has 4 nitrogen and oxygen atoms in total. The zero-order chi connectivity index (χ0) is 27.2. The van der Waals surface area contributed by atoms with Gasteiger partial charge in [-0.15, -0.1) is 23.2 Å². The largest absolute Gasteiger partial charge is 0.419 e. The zero-order valence-electron chi connectivity index (χ0n) is 18.0. The summed E-state index contributed by atoms with van der Waals surface area (Å²) in [6.07, 6.45) is -10.4. The van der Waals surface area contributed by atoms with E-state index in [0.717, 1.165) is 13.0 Å². The van der Waals surface area contributed by atoms with Gasteiger partial charge in [0.25, 0.3) is 0 Å². The van der Waals surface area contributed by atoms with Gasteiger partial charge < -0.3 is 10.6 Å². The van der Waals surface area contributed by atoms with Gasteiger partial charge >= 0.3 is 12.4 Å². The number of rotatable bonds is 6. The first-order chi connectivity index (χ1) is 16.4. The van der Waals surface area contributed by atoms with Crippen LogP contribution in [0.1, 0.15) is 30.4 Å². The Kier molecular flexibility index (Phi) is 7.80. The first-order valence-corrected chi connectivity index (χ1v) is 11.3. The third kappa shape index (κ3) is 6.18. The normalized spacial score (nSPS) is 20.0. The molecule has 196 valence electrons. The summed E-state index contributed by atoms with van der Waals surface area (Å²) in [4.78, 5) is 24.8. The molecule has 3 atom stereocenters. The minimum atomic E-state index is -4.98. The second kappa shape index (κ2) is 9.90. The highest BCUT2D eigenvalue weighted by Crippen LogP contribution is 2.65. The molecule has 0 bridgehead atoms. The molecule has 2 amide bonds. The Morgan fingerprint density at radius 3 is 2.25 bits per heavy atom. The number of anilines is 2. The molecular weight excluding hydrogens is 564 g/mol. The molecule has 2 N–H and O–H groups in total. The fourth-order valence-electron chi connectivity index (χ4n) is 3.54. The number of benzene rings is 2. The number of carbonyl (C=O) groups is 2. The minimum Gasteiger partial charge on any atom is -0.326 e. The van der Waals surface area contributed by atoms with Crippen molar-refractivity contribution >= 4 is 58.0 Å². The van der Waals surface area contributed by atoms with Crippen LogP contribution in [0.4, 0.5) is 42.1 Å². The lowest BCUT2D eigenvalue weighted by Crippen LogP contribution is -2.25. The molecular formula is C22H16Cl3F7N2O2. The number of amides is 2. The van der Waals surface area contributed by atoms with Crippen molar-refractivity contribution in [3.63, 3.8) is 0 Å². The van der Waals surface area contributed by atoms with Crippen LogP contribution in [-0.2, 0) is 15.8 Å². The van der Waals surface area contributed by atoms with Crippen molar-refractivity contribution in [3.8, 4) is 0 Å². The fourth-order valence-corrected chi connectivity index (χ4v) is 4.53. The lowest BCUT2D eigenvalue weighted by Gasteiger charge is -2.16. The third-order valence-corrected chi connectivity index (χ3v) is 6.82. The summed E-state index contributed by atoms with van der Waals surface area (Å²) in [5, 5.41) is 4.63. The van der Waals surface area contributed by atoms with Crippen molar-refractivity contribution in [2.75, 3.05) is 10.6 Å². The van der Waals surface area contributed by atoms with Crippen LogP contribution in [-0.4, -0.2) is 22.3 Å². The lowest BCUT2D eigenvalue weighted by atomic mass is 10.0. The molecule has 14 heteroatoms. The van der Waals surface area contributed by atoms with E-state index in [4.69, 9.17) is 34.8 Å². The Morgan fingerprint density at radius 1 is 1.03 bits per heavy atom. The van der Waals surface area contributed by atoms with Crippen LogP contribution in [0.25, 0.3) is 0 Å². The van der Waals surface area contributed by atoms with Gasteiger partial charge in [-0.05, 0) is 35.9 Å². The number of carbonyl (C=O) groups excluding carboxylic acids is 2. The molecule has 36 heavy (non-hydrogen) atoms. The highest BCUT2D eigenvalue weighted by molar-refractivity contribution is 6.53. The van der Waals surface area contributed by atoms with Crippen LogP contribution in [0.15, 0.2) is 36.4 Å². The van der Waals surface area contributed by atoms with Crippen LogP contribution in [0.5, 0.6) is 0 Å². The van der Waals surface area contributed by atoms with Crippen molar-refractivity contribution in [1.82, 2.24) is 0 Å². The van der Waals surface area contributed by atoms with Crippen molar-refractivity contribution in [2.45, 2.75) is 35.9 Å². The molecule has 0 spiro atoms. The van der Waals surface area contributed by atoms with Gasteiger partial charge in [0.1, 0.15) is 10.2 Å². The summed E-state index contributed by atoms with van der Waals surface area (Å²) in [6, 6.07) is 5.93. The standard InChI is InChI=1S/C22H16Cl3F7N2O2/c1-9(21(27,28)29)6-16(35)34-15-8-11(3-4-13(15)23)33-19(36)18-17(20(18,24)25)10-2-5-14(26)12(7-10)22(30,31)32/h2-5,7-9,17-18H,6H2,1H3,(H,33,36)(H,34,35)/t9?,17-,18+/m0/s1. The molecule has 2 aromatic carbocycles. The van der Waals surface area contributed by atoms with Gasteiger partial charge in [0.15, 0.2) is 0 Å². The summed E-state index contributed by atoms with van der Waals surface area (Å²) >= 11 is 18.3. The van der Waals surface area contributed by atoms with Gasteiger partial charge in [0.05, 0.1) is 28.1 Å². The molecule has 1 unspecified atom stereocenters. The maximum atomic E-state index is 13.6. The highest BCUT2D eigenvalue weighted by Gasteiger charge is 2.67. The molecule has 0 aromatic heterocycles. The summed E-state index contributed by atoms with van der Waals surface area (Å²) in [5.41, 5.74) is -1.67. The first-order valence-electron chi connectivity index (χ1n) is 10.1. The molecule has 2 aromatic rings.